The Morgan fingerprint density at radius 3 is 2.59 bits per heavy atom. The first-order valence-corrected chi connectivity index (χ1v) is 12.7. The number of nitrogens with one attached hydrogen (secondary N) is 1. The van der Waals surface area contributed by atoms with Gasteiger partial charge in [-0.25, -0.2) is 0 Å². The summed E-state index contributed by atoms with van der Waals surface area (Å²) < 4.78 is 55.1. The van der Waals surface area contributed by atoms with Crippen molar-refractivity contribution in [3.8, 4) is 34.1 Å². The number of hydrogen-bond donors (Lipinski definition) is 2. The number of anilines is 1. The molecule has 0 saturated heterocycles. The molecule has 2 aliphatic heterocycles. The number of rotatable bonds is 6. The molecule has 2 heterocycles. The number of phenolic OH excluding ortho intramolecular Hbond substituents is 1. The molecule has 0 unspecified atom stereocenters. The van der Waals surface area contributed by atoms with Crippen LogP contribution in [-0.2, 0) is 0 Å². The Labute approximate surface area is 225 Å². The van der Waals surface area contributed by atoms with E-state index in [1.807, 2.05) is 24.3 Å². The lowest BCUT2D eigenvalue weighted by Gasteiger charge is -2.35. The Morgan fingerprint density at radius 1 is 1.05 bits per heavy atom. The summed E-state index contributed by atoms with van der Waals surface area (Å²) in [6.07, 6.45) is -1.15. The second-order valence-electron chi connectivity index (χ2n) is 10.3. The van der Waals surface area contributed by atoms with Gasteiger partial charge in [-0.1, -0.05) is 24.3 Å². The van der Waals surface area contributed by atoms with E-state index in [2.05, 4.69) is 32.2 Å². The zero-order valence-corrected chi connectivity index (χ0v) is 22.2. The SMILES string of the molecule is COc1c(O)ccc2c1-c1ccc3c(c1C(=Cc1cccc(OCCCC(F)(F)F)c1)O2)C(C)=CC(C)(C)N3. The fraction of sp³-hybridized carbons (Fsp3) is 0.290. The molecule has 3 aromatic rings. The maximum Gasteiger partial charge on any atom is 0.389 e. The number of fused-ring (bicyclic) bond motifs is 5. The normalized spacial score (nSPS) is 16.3. The van der Waals surface area contributed by atoms with Crippen molar-refractivity contribution in [1.29, 1.82) is 0 Å². The van der Waals surface area contributed by atoms with Gasteiger partial charge in [0.2, 0.25) is 0 Å². The molecular formula is C31H30F3NO4. The smallest absolute Gasteiger partial charge is 0.389 e. The molecule has 39 heavy (non-hydrogen) atoms. The minimum absolute atomic E-state index is 0.0119. The molecule has 5 rings (SSSR count). The molecule has 8 heteroatoms. The van der Waals surface area contributed by atoms with Crippen molar-refractivity contribution < 1.29 is 32.5 Å². The molecule has 3 aromatic carbocycles. The molecule has 0 aliphatic carbocycles. The van der Waals surface area contributed by atoms with E-state index in [1.54, 1.807) is 24.3 Å². The van der Waals surface area contributed by atoms with Gasteiger partial charge in [0.15, 0.2) is 11.5 Å². The van der Waals surface area contributed by atoms with Crippen LogP contribution in [0.3, 0.4) is 0 Å². The van der Waals surface area contributed by atoms with Crippen LogP contribution in [0.25, 0.3) is 28.5 Å². The summed E-state index contributed by atoms with van der Waals surface area (Å²) in [6, 6.07) is 14.4. The van der Waals surface area contributed by atoms with E-state index < -0.39 is 12.6 Å². The quantitative estimate of drug-likeness (QED) is 0.310. The monoisotopic (exact) mass is 537 g/mol. The summed E-state index contributed by atoms with van der Waals surface area (Å²) in [5.41, 5.74) is 5.89. The van der Waals surface area contributed by atoms with Gasteiger partial charge in [0.1, 0.15) is 17.3 Å². The Morgan fingerprint density at radius 2 is 1.85 bits per heavy atom. The minimum atomic E-state index is -4.20. The Balaban J connectivity index is 1.60. The number of hydrogen-bond acceptors (Lipinski definition) is 5. The molecule has 2 N–H and O–H groups in total. The molecule has 0 radical (unpaired) electrons. The van der Waals surface area contributed by atoms with Crippen molar-refractivity contribution in [2.75, 3.05) is 19.0 Å². The van der Waals surface area contributed by atoms with Gasteiger partial charge >= 0.3 is 6.18 Å². The molecule has 0 fully saturated rings. The van der Waals surface area contributed by atoms with Gasteiger partial charge in [-0.05, 0) is 74.7 Å². The fourth-order valence-corrected chi connectivity index (χ4v) is 5.26. The molecular weight excluding hydrogens is 507 g/mol. The first kappa shape index (κ1) is 26.5. The number of aromatic hydroxyl groups is 1. The van der Waals surface area contributed by atoms with Gasteiger partial charge in [0.25, 0.3) is 0 Å². The van der Waals surface area contributed by atoms with Crippen LogP contribution in [-0.4, -0.2) is 30.5 Å². The second-order valence-corrected chi connectivity index (χ2v) is 10.3. The van der Waals surface area contributed by atoms with E-state index >= 15 is 0 Å². The average Bonchev–Trinajstić information content (AvgIpc) is 2.85. The Kier molecular flexibility index (Phi) is 6.74. The maximum absolute atomic E-state index is 12.5. The van der Waals surface area contributed by atoms with Crippen LogP contribution in [0.2, 0.25) is 0 Å². The highest BCUT2D eigenvalue weighted by molar-refractivity contribution is 6.02. The standard InChI is InChI=1S/C31H30F3NO4/c1-18-17-30(2,3)35-22-10-9-21-27(26(18)22)25(39-24-12-11-23(36)29(37-4)28(21)24)16-19-7-5-8-20(15-19)38-14-6-13-31(32,33)34/h5,7-12,15-17,35-36H,6,13-14H2,1-4H3. The summed E-state index contributed by atoms with van der Waals surface area (Å²) in [5, 5.41) is 14.1. The van der Waals surface area contributed by atoms with Crippen LogP contribution >= 0.6 is 0 Å². The third-order valence-corrected chi connectivity index (χ3v) is 6.70. The summed E-state index contributed by atoms with van der Waals surface area (Å²) in [6.45, 7) is 6.23. The molecule has 0 spiro atoms. The number of halogens is 3. The first-order valence-electron chi connectivity index (χ1n) is 12.7. The Hall–Kier alpha value is -4.07. The van der Waals surface area contributed by atoms with E-state index in [-0.39, 0.29) is 24.3 Å². The molecule has 0 bridgehead atoms. The average molecular weight is 538 g/mol. The van der Waals surface area contributed by atoms with Crippen molar-refractivity contribution in [2.24, 2.45) is 0 Å². The maximum atomic E-state index is 12.5. The molecule has 0 amide bonds. The van der Waals surface area contributed by atoms with Crippen LogP contribution < -0.4 is 19.5 Å². The van der Waals surface area contributed by atoms with Crippen molar-refractivity contribution in [1.82, 2.24) is 0 Å². The molecule has 2 aliphatic rings. The molecule has 0 atom stereocenters. The zero-order valence-electron chi connectivity index (χ0n) is 22.2. The van der Waals surface area contributed by atoms with Crippen LogP contribution in [0.4, 0.5) is 18.9 Å². The molecule has 0 aromatic heterocycles. The van der Waals surface area contributed by atoms with Crippen LogP contribution in [0.1, 0.15) is 50.3 Å². The van der Waals surface area contributed by atoms with Crippen molar-refractivity contribution in [2.45, 2.75) is 45.3 Å². The zero-order chi connectivity index (χ0) is 27.9. The number of benzene rings is 3. The van der Waals surface area contributed by atoms with Crippen molar-refractivity contribution >= 4 is 23.1 Å². The van der Waals surface area contributed by atoms with E-state index in [4.69, 9.17) is 14.2 Å². The molecule has 5 nitrogen and oxygen atoms in total. The topological polar surface area (TPSA) is 60.0 Å². The number of ether oxygens (including phenoxy) is 3. The summed E-state index contributed by atoms with van der Waals surface area (Å²) in [5.74, 6) is 1.94. The summed E-state index contributed by atoms with van der Waals surface area (Å²) in [7, 11) is 1.51. The summed E-state index contributed by atoms with van der Waals surface area (Å²) >= 11 is 0. The summed E-state index contributed by atoms with van der Waals surface area (Å²) in [4.78, 5) is 0. The van der Waals surface area contributed by atoms with Crippen LogP contribution in [0, 0.1) is 0 Å². The first-order chi connectivity index (χ1) is 18.5. The highest BCUT2D eigenvalue weighted by atomic mass is 19.4. The van der Waals surface area contributed by atoms with Gasteiger partial charge < -0.3 is 24.6 Å². The lowest BCUT2D eigenvalue weighted by atomic mass is 9.83. The van der Waals surface area contributed by atoms with Crippen LogP contribution in [0.15, 0.2) is 54.6 Å². The number of alkyl halides is 3. The predicted octanol–water partition coefficient (Wildman–Crippen LogP) is 8.29. The lowest BCUT2D eigenvalue weighted by Crippen LogP contribution is -2.32. The van der Waals surface area contributed by atoms with Gasteiger partial charge in [-0.2, -0.15) is 13.2 Å². The lowest BCUT2D eigenvalue weighted by molar-refractivity contribution is -0.136. The molecule has 204 valence electrons. The van der Waals surface area contributed by atoms with Gasteiger partial charge in [-0.15, -0.1) is 0 Å². The third kappa shape index (κ3) is 5.41. The van der Waals surface area contributed by atoms with E-state index in [9.17, 15) is 18.3 Å². The van der Waals surface area contributed by atoms with E-state index in [0.717, 1.165) is 33.5 Å². The predicted molar refractivity (Wildman–Crippen MR) is 147 cm³/mol. The van der Waals surface area contributed by atoms with Crippen LogP contribution in [0.5, 0.6) is 23.0 Å². The largest absolute Gasteiger partial charge is 0.504 e. The fourth-order valence-electron chi connectivity index (χ4n) is 5.26. The number of methoxy groups -OCH3 is 1. The van der Waals surface area contributed by atoms with Crippen molar-refractivity contribution in [3.05, 3.63) is 71.3 Å². The van der Waals surface area contributed by atoms with Crippen molar-refractivity contribution in [3.63, 3.8) is 0 Å². The van der Waals surface area contributed by atoms with Gasteiger partial charge in [-0.3, -0.25) is 0 Å². The van der Waals surface area contributed by atoms with E-state index in [0.29, 0.717) is 28.6 Å². The highest BCUT2D eigenvalue weighted by Crippen LogP contribution is 2.54. The van der Waals surface area contributed by atoms with Gasteiger partial charge in [0, 0.05) is 28.8 Å². The second kappa shape index (κ2) is 9.91. The number of allylic oxidation sites excluding steroid dienone is 1. The number of phenols is 1. The highest BCUT2D eigenvalue weighted by Gasteiger charge is 2.33. The van der Waals surface area contributed by atoms with Gasteiger partial charge in [0.05, 0.1) is 24.8 Å². The molecule has 0 saturated carbocycles. The Bertz CT molecular complexity index is 1490. The third-order valence-electron chi connectivity index (χ3n) is 6.70. The minimum Gasteiger partial charge on any atom is -0.504 e. The van der Waals surface area contributed by atoms with E-state index in [1.165, 1.54) is 13.2 Å².